The van der Waals surface area contributed by atoms with E-state index in [-0.39, 0.29) is 22.9 Å². The van der Waals surface area contributed by atoms with E-state index < -0.39 is 21.7 Å². The minimum Gasteiger partial charge on any atom is -0.330 e. The zero-order chi connectivity index (χ0) is 23.2. The number of carbonyl (C=O) groups excluding carboxylic acids is 1. The average Bonchev–Trinajstić information content (AvgIpc) is 3.14. The Morgan fingerprint density at radius 2 is 2.00 bits per heavy atom. The van der Waals surface area contributed by atoms with Crippen LogP contribution in [0, 0.1) is 19.7 Å². The highest BCUT2D eigenvalue weighted by molar-refractivity contribution is 7.92. The minimum absolute atomic E-state index is 0.0572. The molecule has 11 heteroatoms. The largest absolute Gasteiger partial charge is 0.330 e. The van der Waals surface area contributed by atoms with Crippen molar-refractivity contribution in [3.8, 4) is 0 Å². The van der Waals surface area contributed by atoms with Crippen LogP contribution in [0.15, 0.2) is 29.1 Å². The standard InChI is InChI=1S/C21H24FN5O4S/c1-12-13(2)23-19-11-17(24-27(19)20(12)28)18-6-4-5-9-26(18)21(29)15-8-7-14(22)10-16(15)25-32(3,30)31/h7-8,10-11,18,24-25H,4-6,9H2,1-3H3. The maximum absolute atomic E-state index is 13.8. The second-order valence-corrected chi connectivity index (χ2v) is 9.86. The molecule has 0 bridgehead atoms. The van der Waals surface area contributed by atoms with E-state index in [1.807, 2.05) is 0 Å². The summed E-state index contributed by atoms with van der Waals surface area (Å²) < 4.78 is 40.8. The molecule has 9 nitrogen and oxygen atoms in total. The van der Waals surface area contributed by atoms with Gasteiger partial charge in [0.1, 0.15) is 5.82 Å². The Morgan fingerprint density at radius 3 is 2.72 bits per heavy atom. The molecule has 0 aliphatic carbocycles. The van der Waals surface area contributed by atoms with Gasteiger partial charge in [0.05, 0.1) is 29.2 Å². The van der Waals surface area contributed by atoms with E-state index in [9.17, 15) is 22.4 Å². The molecule has 1 amide bonds. The summed E-state index contributed by atoms with van der Waals surface area (Å²) in [6.07, 6.45) is 3.24. The number of nitrogens with one attached hydrogen (secondary N) is 2. The number of H-pyrrole nitrogens is 1. The van der Waals surface area contributed by atoms with Crippen LogP contribution in [0.3, 0.4) is 0 Å². The fraction of sp³-hybridized carbons (Fsp3) is 0.381. The summed E-state index contributed by atoms with van der Waals surface area (Å²) in [4.78, 5) is 32.1. The maximum Gasteiger partial charge on any atom is 0.275 e. The number of aromatic amines is 1. The molecule has 0 saturated carbocycles. The quantitative estimate of drug-likeness (QED) is 0.619. The van der Waals surface area contributed by atoms with Gasteiger partial charge in [0.2, 0.25) is 10.0 Å². The molecular formula is C21H24FN5O4S. The van der Waals surface area contributed by atoms with Crippen molar-refractivity contribution in [3.63, 3.8) is 0 Å². The molecule has 2 aromatic heterocycles. The molecule has 3 heterocycles. The fourth-order valence-electron chi connectivity index (χ4n) is 4.05. The van der Waals surface area contributed by atoms with E-state index in [0.717, 1.165) is 31.2 Å². The Labute approximate surface area is 184 Å². The van der Waals surface area contributed by atoms with Crippen molar-refractivity contribution in [2.24, 2.45) is 0 Å². The smallest absolute Gasteiger partial charge is 0.275 e. The number of hydrogen-bond donors (Lipinski definition) is 2. The molecule has 32 heavy (non-hydrogen) atoms. The molecule has 4 rings (SSSR count). The van der Waals surface area contributed by atoms with Gasteiger partial charge in [-0.25, -0.2) is 22.3 Å². The Morgan fingerprint density at radius 1 is 1.25 bits per heavy atom. The first kappa shape index (κ1) is 22.0. The molecule has 1 aromatic carbocycles. The summed E-state index contributed by atoms with van der Waals surface area (Å²) >= 11 is 0. The van der Waals surface area contributed by atoms with E-state index in [0.29, 0.717) is 35.6 Å². The highest BCUT2D eigenvalue weighted by atomic mass is 32.2. The van der Waals surface area contributed by atoms with Crippen molar-refractivity contribution in [1.82, 2.24) is 19.5 Å². The van der Waals surface area contributed by atoms with E-state index >= 15 is 0 Å². The number of rotatable bonds is 4. The van der Waals surface area contributed by atoms with Crippen molar-refractivity contribution in [3.05, 3.63) is 63.0 Å². The van der Waals surface area contributed by atoms with Crippen LogP contribution in [0.4, 0.5) is 10.1 Å². The molecule has 1 saturated heterocycles. The highest BCUT2D eigenvalue weighted by Gasteiger charge is 2.32. The second-order valence-electron chi connectivity index (χ2n) is 8.11. The van der Waals surface area contributed by atoms with Crippen molar-refractivity contribution < 1.29 is 17.6 Å². The normalized spacial score (nSPS) is 17.0. The van der Waals surface area contributed by atoms with Gasteiger partial charge < -0.3 is 4.90 Å². The van der Waals surface area contributed by atoms with Gasteiger partial charge >= 0.3 is 0 Å². The van der Waals surface area contributed by atoms with Crippen molar-refractivity contribution in [1.29, 1.82) is 0 Å². The molecule has 3 aromatic rings. The van der Waals surface area contributed by atoms with Gasteiger partial charge in [-0.3, -0.25) is 19.4 Å². The Hall–Kier alpha value is -3.21. The minimum atomic E-state index is -3.72. The average molecular weight is 462 g/mol. The van der Waals surface area contributed by atoms with Crippen LogP contribution >= 0.6 is 0 Å². The van der Waals surface area contributed by atoms with Crippen LogP contribution in [0.2, 0.25) is 0 Å². The predicted molar refractivity (Wildman–Crippen MR) is 118 cm³/mol. The highest BCUT2D eigenvalue weighted by Crippen LogP contribution is 2.33. The number of halogens is 1. The predicted octanol–water partition coefficient (Wildman–Crippen LogP) is 2.52. The summed E-state index contributed by atoms with van der Waals surface area (Å²) in [6.45, 7) is 3.92. The molecule has 0 spiro atoms. The van der Waals surface area contributed by atoms with Crippen LogP contribution in [0.1, 0.15) is 52.6 Å². The number of anilines is 1. The molecule has 2 N–H and O–H groups in total. The fourth-order valence-corrected chi connectivity index (χ4v) is 4.62. The number of amides is 1. The van der Waals surface area contributed by atoms with Crippen LogP contribution < -0.4 is 10.3 Å². The van der Waals surface area contributed by atoms with Crippen LogP contribution in [-0.4, -0.2) is 46.6 Å². The van der Waals surface area contributed by atoms with E-state index in [2.05, 4.69) is 14.8 Å². The number of aryl methyl sites for hydroxylation is 1. The molecule has 0 radical (unpaired) electrons. The molecule has 1 atom stereocenters. The monoisotopic (exact) mass is 461 g/mol. The lowest BCUT2D eigenvalue weighted by Crippen LogP contribution is -2.39. The van der Waals surface area contributed by atoms with E-state index in [4.69, 9.17) is 0 Å². The van der Waals surface area contributed by atoms with Gasteiger partial charge in [-0.05, 0) is 51.3 Å². The van der Waals surface area contributed by atoms with Crippen molar-refractivity contribution in [2.75, 3.05) is 17.5 Å². The Kier molecular flexibility index (Phi) is 5.53. The van der Waals surface area contributed by atoms with Gasteiger partial charge in [0, 0.05) is 23.9 Å². The van der Waals surface area contributed by atoms with E-state index in [1.54, 1.807) is 24.8 Å². The zero-order valence-electron chi connectivity index (χ0n) is 18.0. The van der Waals surface area contributed by atoms with Crippen LogP contribution in [0.5, 0.6) is 0 Å². The lowest BCUT2D eigenvalue weighted by molar-refractivity contribution is 0.0606. The summed E-state index contributed by atoms with van der Waals surface area (Å²) in [5.74, 6) is -1.08. The van der Waals surface area contributed by atoms with Gasteiger partial charge in [-0.2, -0.15) is 0 Å². The van der Waals surface area contributed by atoms with Crippen LogP contribution in [-0.2, 0) is 10.0 Å². The lowest BCUT2D eigenvalue weighted by Gasteiger charge is -2.35. The number of carbonyl (C=O) groups is 1. The summed E-state index contributed by atoms with van der Waals surface area (Å²) in [7, 11) is -3.72. The number of benzene rings is 1. The van der Waals surface area contributed by atoms with Crippen LogP contribution in [0.25, 0.3) is 5.65 Å². The summed E-state index contributed by atoms with van der Waals surface area (Å²) in [5.41, 5.74) is 2.05. The maximum atomic E-state index is 13.8. The van der Waals surface area contributed by atoms with Gasteiger partial charge in [-0.1, -0.05) is 0 Å². The first-order valence-corrected chi connectivity index (χ1v) is 12.1. The molecule has 1 unspecified atom stereocenters. The first-order valence-electron chi connectivity index (χ1n) is 10.2. The van der Waals surface area contributed by atoms with Gasteiger partial charge in [0.25, 0.3) is 11.5 Å². The third-order valence-electron chi connectivity index (χ3n) is 5.73. The van der Waals surface area contributed by atoms with Crippen molar-refractivity contribution in [2.45, 2.75) is 39.2 Å². The number of hydrogen-bond acceptors (Lipinski definition) is 5. The second kappa shape index (κ2) is 8.05. The number of nitrogens with zero attached hydrogens (tertiary/aromatic N) is 3. The zero-order valence-corrected chi connectivity index (χ0v) is 18.8. The lowest BCUT2D eigenvalue weighted by atomic mass is 9.98. The topological polar surface area (TPSA) is 117 Å². The Bertz CT molecular complexity index is 1380. The number of aromatic nitrogens is 3. The molecule has 1 aliphatic rings. The summed E-state index contributed by atoms with van der Waals surface area (Å²) in [5, 5.41) is 3.08. The molecule has 1 aliphatic heterocycles. The number of fused-ring (bicyclic) bond motifs is 1. The number of piperidine rings is 1. The molecule has 1 fully saturated rings. The molecular weight excluding hydrogens is 437 g/mol. The molecule has 170 valence electrons. The number of sulfonamides is 1. The third kappa shape index (κ3) is 4.12. The summed E-state index contributed by atoms with van der Waals surface area (Å²) in [6, 6.07) is 4.78. The third-order valence-corrected chi connectivity index (χ3v) is 6.32. The Balaban J connectivity index is 1.75. The SMILES string of the molecule is Cc1nc2cc(C3CCCCN3C(=O)c3ccc(F)cc3NS(C)(=O)=O)[nH]n2c(=O)c1C. The van der Waals surface area contributed by atoms with Gasteiger partial charge in [-0.15, -0.1) is 0 Å². The van der Waals surface area contributed by atoms with Crippen molar-refractivity contribution >= 4 is 27.3 Å². The number of likely N-dealkylation sites (tertiary alicyclic amines) is 1. The first-order chi connectivity index (χ1) is 15.0. The van der Waals surface area contributed by atoms with Gasteiger partial charge in [0.15, 0.2) is 5.65 Å². The van der Waals surface area contributed by atoms with E-state index in [1.165, 1.54) is 10.6 Å².